The summed E-state index contributed by atoms with van der Waals surface area (Å²) in [5, 5.41) is 0. The second-order valence-electron chi connectivity index (χ2n) is 5.97. The van der Waals surface area contributed by atoms with Crippen LogP contribution in [0.5, 0.6) is 0 Å². The number of rotatable bonds is 3. The number of benzene rings is 1. The average molecular weight is 321 g/mol. The van der Waals surface area contributed by atoms with Crippen molar-refractivity contribution in [2.45, 2.75) is 25.5 Å². The van der Waals surface area contributed by atoms with Crippen LogP contribution >= 0.6 is 0 Å². The molecule has 6 nitrogen and oxygen atoms in total. The number of amides is 1. The molecule has 1 aromatic carbocycles. The van der Waals surface area contributed by atoms with E-state index >= 15 is 0 Å². The number of hydrazine groups is 1. The monoisotopic (exact) mass is 321 g/mol. The molecule has 2 saturated heterocycles. The largest absolute Gasteiger partial charge is 0.460 e. The molecule has 1 aromatic rings. The summed E-state index contributed by atoms with van der Waals surface area (Å²) in [5.74, 6) is -0.995. The number of carbonyl (C=O) groups is 2. The van der Waals surface area contributed by atoms with Gasteiger partial charge in [0.05, 0.1) is 18.5 Å². The molecule has 2 N–H and O–H groups in total. The molecule has 0 radical (unpaired) electrons. The second kappa shape index (κ2) is 6.64. The summed E-state index contributed by atoms with van der Waals surface area (Å²) < 4.78 is 18.6. The first kappa shape index (κ1) is 15.9. The van der Waals surface area contributed by atoms with Crippen molar-refractivity contribution in [2.24, 2.45) is 5.92 Å². The van der Waals surface area contributed by atoms with Crippen LogP contribution in [0.1, 0.15) is 24.9 Å². The molecule has 2 aliphatic heterocycles. The Balaban J connectivity index is 1.62. The highest BCUT2D eigenvalue weighted by molar-refractivity contribution is 5.75. The number of hydrogen-bond acceptors (Lipinski definition) is 5. The zero-order valence-corrected chi connectivity index (χ0v) is 12.9. The van der Waals surface area contributed by atoms with Crippen molar-refractivity contribution >= 4 is 11.9 Å². The van der Waals surface area contributed by atoms with E-state index in [0.29, 0.717) is 26.1 Å². The molecule has 3 unspecified atom stereocenters. The van der Waals surface area contributed by atoms with Gasteiger partial charge in [0.2, 0.25) is 5.91 Å². The molecule has 3 atom stereocenters. The number of hydrogen-bond donors (Lipinski definition) is 2. The van der Waals surface area contributed by atoms with Crippen LogP contribution in [0.3, 0.4) is 0 Å². The van der Waals surface area contributed by atoms with Crippen LogP contribution in [-0.2, 0) is 14.3 Å². The van der Waals surface area contributed by atoms with Gasteiger partial charge in [-0.05, 0) is 17.7 Å². The van der Waals surface area contributed by atoms with E-state index in [0.717, 1.165) is 5.56 Å². The Bertz CT molecular complexity index is 593. The smallest absolute Gasteiger partial charge is 0.312 e. The van der Waals surface area contributed by atoms with E-state index in [9.17, 15) is 14.0 Å². The van der Waals surface area contributed by atoms with Crippen molar-refractivity contribution < 1.29 is 18.7 Å². The highest BCUT2D eigenvalue weighted by Gasteiger charge is 2.37. The lowest BCUT2D eigenvalue weighted by atomic mass is 9.95. The van der Waals surface area contributed by atoms with Gasteiger partial charge in [-0.2, -0.15) is 0 Å². The van der Waals surface area contributed by atoms with E-state index in [2.05, 4.69) is 10.9 Å². The van der Waals surface area contributed by atoms with Gasteiger partial charge in [0, 0.05) is 26.4 Å². The first-order chi connectivity index (χ1) is 11.0. The van der Waals surface area contributed by atoms with E-state index in [1.165, 1.54) is 19.1 Å². The van der Waals surface area contributed by atoms with Gasteiger partial charge in [0.25, 0.3) is 0 Å². The van der Waals surface area contributed by atoms with Gasteiger partial charge in [-0.25, -0.2) is 9.82 Å². The molecule has 0 spiro atoms. The first-order valence-electron chi connectivity index (χ1n) is 7.74. The molecule has 0 saturated carbocycles. The zero-order chi connectivity index (χ0) is 16.4. The van der Waals surface area contributed by atoms with Crippen molar-refractivity contribution in [3.05, 3.63) is 35.6 Å². The molecular weight excluding hydrogens is 301 g/mol. The molecule has 2 aliphatic rings. The van der Waals surface area contributed by atoms with Crippen molar-refractivity contribution in [3.63, 3.8) is 0 Å². The van der Waals surface area contributed by atoms with Crippen LogP contribution in [-0.4, -0.2) is 42.5 Å². The van der Waals surface area contributed by atoms with E-state index in [1.54, 1.807) is 17.0 Å². The predicted molar refractivity (Wildman–Crippen MR) is 80.5 cm³/mol. The molecule has 124 valence electrons. The minimum atomic E-state index is -0.383. The molecule has 0 aliphatic carbocycles. The van der Waals surface area contributed by atoms with Gasteiger partial charge in [0.15, 0.2) is 0 Å². The summed E-state index contributed by atoms with van der Waals surface area (Å²) in [6.45, 7) is 3.04. The minimum absolute atomic E-state index is 0.00284. The molecule has 3 rings (SSSR count). The zero-order valence-electron chi connectivity index (χ0n) is 12.9. The fourth-order valence-corrected chi connectivity index (χ4v) is 3.06. The van der Waals surface area contributed by atoms with E-state index in [1.807, 2.05) is 0 Å². The number of carbonyl (C=O) groups excluding carboxylic acids is 2. The molecule has 2 fully saturated rings. The highest BCUT2D eigenvalue weighted by Crippen LogP contribution is 2.27. The Labute approximate surface area is 134 Å². The molecule has 1 amide bonds. The summed E-state index contributed by atoms with van der Waals surface area (Å²) >= 11 is 0. The van der Waals surface area contributed by atoms with Crippen LogP contribution in [0.25, 0.3) is 0 Å². The van der Waals surface area contributed by atoms with E-state index in [4.69, 9.17) is 4.74 Å². The summed E-state index contributed by atoms with van der Waals surface area (Å²) in [5.41, 5.74) is 6.83. The van der Waals surface area contributed by atoms with Gasteiger partial charge in [-0.15, -0.1) is 0 Å². The maximum atomic E-state index is 13.0. The van der Waals surface area contributed by atoms with Crippen LogP contribution in [0.4, 0.5) is 4.39 Å². The van der Waals surface area contributed by atoms with Gasteiger partial charge in [-0.3, -0.25) is 15.0 Å². The molecule has 0 aromatic heterocycles. The molecule has 23 heavy (non-hydrogen) atoms. The SMILES string of the molecule is CC(=O)N1CCC(OC(=O)C2CNNC2c2ccc(F)cc2)C1. The van der Waals surface area contributed by atoms with Crippen LogP contribution in [0.2, 0.25) is 0 Å². The average Bonchev–Trinajstić information content (AvgIpc) is 3.16. The predicted octanol–water partition coefficient (Wildman–Crippen LogP) is 0.755. The third-order valence-corrected chi connectivity index (χ3v) is 4.39. The van der Waals surface area contributed by atoms with Crippen LogP contribution < -0.4 is 10.9 Å². The van der Waals surface area contributed by atoms with Crippen LogP contribution in [0, 0.1) is 11.7 Å². The Kier molecular flexibility index (Phi) is 4.58. The van der Waals surface area contributed by atoms with Crippen molar-refractivity contribution in [1.29, 1.82) is 0 Å². The maximum absolute atomic E-state index is 13.0. The quantitative estimate of drug-likeness (QED) is 0.804. The number of esters is 1. The van der Waals surface area contributed by atoms with Crippen molar-refractivity contribution in [2.75, 3.05) is 19.6 Å². The second-order valence-corrected chi connectivity index (χ2v) is 5.97. The summed E-state index contributed by atoms with van der Waals surface area (Å²) in [7, 11) is 0. The normalized spacial score (nSPS) is 27.2. The van der Waals surface area contributed by atoms with Crippen LogP contribution in [0.15, 0.2) is 24.3 Å². The molecule has 0 bridgehead atoms. The van der Waals surface area contributed by atoms with E-state index < -0.39 is 0 Å². The number of halogens is 1. The lowest BCUT2D eigenvalue weighted by Gasteiger charge is -2.20. The third kappa shape index (κ3) is 3.51. The maximum Gasteiger partial charge on any atom is 0.312 e. The van der Waals surface area contributed by atoms with Crippen molar-refractivity contribution in [3.8, 4) is 0 Å². The fourth-order valence-electron chi connectivity index (χ4n) is 3.06. The van der Waals surface area contributed by atoms with Gasteiger partial charge in [0.1, 0.15) is 11.9 Å². The number of ether oxygens (including phenoxy) is 1. The summed E-state index contributed by atoms with van der Waals surface area (Å²) in [6, 6.07) is 5.81. The highest BCUT2D eigenvalue weighted by atomic mass is 19.1. The number of nitrogens with one attached hydrogen (secondary N) is 2. The first-order valence-corrected chi connectivity index (χ1v) is 7.74. The van der Waals surface area contributed by atoms with E-state index in [-0.39, 0.29) is 35.8 Å². The molecular formula is C16H20FN3O3. The molecule has 2 heterocycles. The molecule has 7 heteroatoms. The Morgan fingerprint density at radius 3 is 2.70 bits per heavy atom. The fraction of sp³-hybridized carbons (Fsp3) is 0.500. The Morgan fingerprint density at radius 1 is 1.30 bits per heavy atom. The number of nitrogens with zero attached hydrogens (tertiary/aromatic N) is 1. The Hall–Kier alpha value is -1.99. The lowest BCUT2D eigenvalue weighted by molar-refractivity contribution is -0.154. The third-order valence-electron chi connectivity index (χ3n) is 4.39. The van der Waals surface area contributed by atoms with Gasteiger partial charge >= 0.3 is 5.97 Å². The van der Waals surface area contributed by atoms with Gasteiger partial charge < -0.3 is 9.64 Å². The number of likely N-dealkylation sites (tertiary alicyclic amines) is 1. The van der Waals surface area contributed by atoms with Crippen molar-refractivity contribution in [1.82, 2.24) is 15.8 Å². The lowest BCUT2D eigenvalue weighted by Crippen LogP contribution is -2.32. The summed E-state index contributed by atoms with van der Waals surface area (Å²) in [6.07, 6.45) is 0.418. The minimum Gasteiger partial charge on any atom is -0.460 e. The topological polar surface area (TPSA) is 70.7 Å². The standard InChI is InChI=1S/C16H20FN3O3/c1-10(21)20-7-6-13(9-20)23-16(22)14-8-18-19-15(14)11-2-4-12(17)5-3-11/h2-5,13-15,18-19H,6-9H2,1H3. The Morgan fingerprint density at radius 2 is 2.04 bits per heavy atom. The van der Waals surface area contributed by atoms with Gasteiger partial charge in [-0.1, -0.05) is 12.1 Å². The summed E-state index contributed by atoms with van der Waals surface area (Å²) in [4.78, 5) is 25.5.